The fourth-order valence-corrected chi connectivity index (χ4v) is 3.76. The van der Waals surface area contributed by atoms with E-state index in [1.54, 1.807) is 0 Å². The van der Waals surface area contributed by atoms with Gasteiger partial charge in [0, 0.05) is 12.5 Å². The molecule has 0 amide bonds. The van der Waals surface area contributed by atoms with Crippen LogP contribution in [0.5, 0.6) is 0 Å². The Balaban J connectivity index is 1.83. The maximum atomic E-state index is 12.0. The smallest absolute Gasteiger partial charge is 0.306 e. The van der Waals surface area contributed by atoms with Crippen LogP contribution in [0.1, 0.15) is 65.7 Å². The average Bonchev–Trinajstić information content (AvgIpc) is 2.32. The van der Waals surface area contributed by atoms with Gasteiger partial charge < -0.3 is 15.2 Å². The van der Waals surface area contributed by atoms with Crippen molar-refractivity contribution in [1.29, 1.82) is 0 Å². The van der Waals surface area contributed by atoms with E-state index in [9.17, 15) is 9.90 Å². The van der Waals surface area contributed by atoms with Crippen LogP contribution in [0.25, 0.3) is 0 Å². The fourth-order valence-electron chi connectivity index (χ4n) is 3.76. The number of aliphatic hydroxyl groups is 1. The van der Waals surface area contributed by atoms with Gasteiger partial charge in [-0.15, -0.1) is 0 Å². The molecule has 2 aliphatic rings. The van der Waals surface area contributed by atoms with E-state index in [0.717, 1.165) is 38.6 Å². The molecule has 1 saturated heterocycles. The van der Waals surface area contributed by atoms with Gasteiger partial charge in [0.2, 0.25) is 0 Å². The first-order valence-corrected chi connectivity index (χ1v) is 8.48. The molecule has 4 heteroatoms. The lowest BCUT2D eigenvalue weighted by Crippen LogP contribution is -2.49. The van der Waals surface area contributed by atoms with Gasteiger partial charge in [0.25, 0.3) is 0 Å². The van der Waals surface area contributed by atoms with E-state index < -0.39 is 5.60 Å². The van der Waals surface area contributed by atoms with Gasteiger partial charge >= 0.3 is 5.97 Å². The Hall–Kier alpha value is -0.610. The van der Waals surface area contributed by atoms with Crippen molar-refractivity contribution in [3.8, 4) is 0 Å². The molecule has 2 rings (SSSR count). The quantitative estimate of drug-likeness (QED) is 0.769. The van der Waals surface area contributed by atoms with Gasteiger partial charge in [0.15, 0.2) is 0 Å². The number of aliphatic hydroxyl groups excluding tert-OH is 1. The summed E-state index contributed by atoms with van der Waals surface area (Å²) >= 11 is 0. The molecule has 0 spiro atoms. The van der Waals surface area contributed by atoms with Gasteiger partial charge in [-0.25, -0.2) is 0 Å². The normalized spacial score (nSPS) is 34.5. The zero-order valence-corrected chi connectivity index (χ0v) is 13.7. The Bertz CT molecular complexity index is 350. The summed E-state index contributed by atoms with van der Waals surface area (Å²) in [5.74, 6) is 0.899. The Morgan fingerprint density at radius 1 is 1.19 bits per heavy atom. The minimum absolute atomic E-state index is 0.0756. The highest BCUT2D eigenvalue weighted by molar-refractivity contribution is 5.70. The minimum atomic E-state index is -0.393. The molecule has 1 aliphatic heterocycles. The number of ether oxygens (including phenoxy) is 1. The topological polar surface area (TPSA) is 58.6 Å². The van der Waals surface area contributed by atoms with Gasteiger partial charge in [0.1, 0.15) is 5.60 Å². The highest BCUT2D eigenvalue weighted by Crippen LogP contribution is 2.32. The first kappa shape index (κ1) is 16.8. The molecule has 0 bridgehead atoms. The van der Waals surface area contributed by atoms with E-state index in [4.69, 9.17) is 4.74 Å². The standard InChI is InChI=1S/C17H31NO3/c1-17(2,3)21-15(20)11-12-7-8-13-5-4-6-14(19)16(13)18-10-9-12/h12-14,16,18-19H,4-11H2,1-3H3/t12?,13-,14-,16+/m0/s1. The van der Waals surface area contributed by atoms with Crippen molar-refractivity contribution in [3.63, 3.8) is 0 Å². The number of nitrogens with one attached hydrogen (secondary N) is 1. The summed E-state index contributed by atoms with van der Waals surface area (Å²) in [5, 5.41) is 13.6. The third-order valence-corrected chi connectivity index (χ3v) is 4.75. The lowest BCUT2D eigenvalue weighted by Gasteiger charge is -2.39. The summed E-state index contributed by atoms with van der Waals surface area (Å²) in [6.07, 6.45) is 6.78. The highest BCUT2D eigenvalue weighted by Gasteiger charge is 2.33. The molecule has 1 aliphatic carbocycles. The molecule has 1 unspecified atom stereocenters. The molecule has 1 heterocycles. The Kier molecular flexibility index (Phi) is 5.67. The summed E-state index contributed by atoms with van der Waals surface area (Å²) < 4.78 is 5.44. The van der Waals surface area contributed by atoms with Gasteiger partial charge in [-0.05, 0) is 71.3 Å². The average molecular weight is 297 g/mol. The number of hydrogen-bond donors (Lipinski definition) is 2. The maximum Gasteiger partial charge on any atom is 0.306 e. The largest absolute Gasteiger partial charge is 0.460 e. The van der Waals surface area contributed by atoms with Gasteiger partial charge in [-0.2, -0.15) is 0 Å². The lowest BCUT2D eigenvalue weighted by atomic mass is 9.76. The van der Waals surface area contributed by atoms with E-state index in [2.05, 4.69) is 5.32 Å². The summed E-state index contributed by atoms with van der Waals surface area (Å²) in [7, 11) is 0. The molecule has 4 nitrogen and oxygen atoms in total. The van der Waals surface area contributed by atoms with Crippen molar-refractivity contribution in [3.05, 3.63) is 0 Å². The molecular formula is C17H31NO3. The SMILES string of the molecule is CC(C)(C)OC(=O)CC1CCN[C@@H]2[C@@H](CCC[C@@H]2O)CC1. The first-order valence-electron chi connectivity index (χ1n) is 8.48. The number of fused-ring (bicyclic) bond motifs is 1. The van der Waals surface area contributed by atoms with Crippen LogP contribution in [0, 0.1) is 11.8 Å². The van der Waals surface area contributed by atoms with Crippen LogP contribution in [0.4, 0.5) is 0 Å². The molecule has 0 aromatic carbocycles. The van der Waals surface area contributed by atoms with E-state index in [1.807, 2.05) is 20.8 Å². The van der Waals surface area contributed by atoms with Crippen LogP contribution in [-0.2, 0) is 9.53 Å². The molecule has 0 radical (unpaired) electrons. The number of carbonyl (C=O) groups excluding carboxylic acids is 1. The molecule has 4 atom stereocenters. The lowest BCUT2D eigenvalue weighted by molar-refractivity contribution is -0.156. The Morgan fingerprint density at radius 3 is 2.67 bits per heavy atom. The van der Waals surface area contributed by atoms with Crippen LogP contribution in [0.15, 0.2) is 0 Å². The van der Waals surface area contributed by atoms with E-state index in [0.29, 0.717) is 18.3 Å². The molecule has 2 N–H and O–H groups in total. The summed E-state index contributed by atoms with van der Waals surface area (Å²) in [4.78, 5) is 12.0. The molecule has 0 aromatic rings. The van der Waals surface area contributed by atoms with Crippen LogP contribution in [0.2, 0.25) is 0 Å². The van der Waals surface area contributed by atoms with Crippen molar-refractivity contribution in [2.45, 2.75) is 83.5 Å². The zero-order valence-electron chi connectivity index (χ0n) is 13.7. The van der Waals surface area contributed by atoms with Crippen molar-refractivity contribution in [1.82, 2.24) is 5.32 Å². The molecule has 21 heavy (non-hydrogen) atoms. The highest BCUT2D eigenvalue weighted by atomic mass is 16.6. The second-order valence-corrected chi connectivity index (χ2v) is 7.76. The summed E-state index contributed by atoms with van der Waals surface area (Å²) in [6, 6.07) is 0.265. The summed E-state index contributed by atoms with van der Waals surface area (Å²) in [5.41, 5.74) is -0.393. The van der Waals surface area contributed by atoms with E-state index >= 15 is 0 Å². The summed E-state index contributed by atoms with van der Waals surface area (Å²) in [6.45, 7) is 6.64. The van der Waals surface area contributed by atoms with Gasteiger partial charge in [0.05, 0.1) is 6.10 Å². The molecule has 122 valence electrons. The van der Waals surface area contributed by atoms with E-state index in [1.165, 1.54) is 6.42 Å². The van der Waals surface area contributed by atoms with Crippen molar-refractivity contribution in [2.75, 3.05) is 6.54 Å². The number of carbonyl (C=O) groups is 1. The zero-order chi connectivity index (χ0) is 15.5. The third-order valence-electron chi connectivity index (χ3n) is 4.75. The number of hydrogen-bond acceptors (Lipinski definition) is 4. The molecule has 1 saturated carbocycles. The van der Waals surface area contributed by atoms with Crippen molar-refractivity contribution < 1.29 is 14.6 Å². The van der Waals surface area contributed by atoms with Crippen LogP contribution < -0.4 is 5.32 Å². The fraction of sp³-hybridized carbons (Fsp3) is 0.941. The monoisotopic (exact) mass is 297 g/mol. The number of rotatable bonds is 2. The maximum absolute atomic E-state index is 12.0. The van der Waals surface area contributed by atoms with Crippen molar-refractivity contribution >= 4 is 5.97 Å². The minimum Gasteiger partial charge on any atom is -0.460 e. The predicted octanol–water partition coefficient (Wildman–Crippen LogP) is 2.64. The predicted molar refractivity (Wildman–Crippen MR) is 82.9 cm³/mol. The van der Waals surface area contributed by atoms with Crippen LogP contribution in [0.3, 0.4) is 0 Å². The Labute approximate surface area is 128 Å². The van der Waals surface area contributed by atoms with Gasteiger partial charge in [-0.1, -0.05) is 6.42 Å². The van der Waals surface area contributed by atoms with E-state index in [-0.39, 0.29) is 18.1 Å². The molecule has 0 aromatic heterocycles. The van der Waals surface area contributed by atoms with Gasteiger partial charge in [-0.3, -0.25) is 4.79 Å². The third kappa shape index (κ3) is 5.26. The second kappa shape index (κ2) is 7.10. The van der Waals surface area contributed by atoms with Crippen LogP contribution in [-0.4, -0.2) is 35.4 Å². The van der Waals surface area contributed by atoms with Crippen molar-refractivity contribution in [2.24, 2.45) is 11.8 Å². The molecular weight excluding hydrogens is 266 g/mol. The second-order valence-electron chi connectivity index (χ2n) is 7.76. The van der Waals surface area contributed by atoms with Crippen LogP contribution >= 0.6 is 0 Å². The molecule has 2 fully saturated rings. The number of esters is 1. The first-order chi connectivity index (χ1) is 9.85. The Morgan fingerprint density at radius 2 is 1.95 bits per heavy atom.